The first-order valence-corrected chi connectivity index (χ1v) is 8.99. The van der Waals surface area contributed by atoms with Gasteiger partial charge in [-0.15, -0.1) is 0 Å². The lowest BCUT2D eigenvalue weighted by Crippen LogP contribution is -2.43. The molecular weight excluding hydrogens is 333 g/mol. The molecule has 1 aliphatic heterocycles. The molecule has 1 fully saturated rings. The number of piperidine rings is 1. The molecule has 1 aromatic rings. The van der Waals surface area contributed by atoms with E-state index >= 15 is 0 Å². The van der Waals surface area contributed by atoms with E-state index in [0.29, 0.717) is 34.7 Å². The summed E-state index contributed by atoms with van der Waals surface area (Å²) < 4.78 is 28.7. The molecule has 0 unspecified atom stereocenters. The van der Waals surface area contributed by atoms with Gasteiger partial charge in [-0.25, -0.2) is 0 Å². The number of hydrogen-bond donors (Lipinski definition) is 2. The van der Waals surface area contributed by atoms with Gasteiger partial charge in [-0.2, -0.15) is 12.7 Å². The molecule has 1 aliphatic rings. The smallest absolute Gasteiger partial charge is 0.301 e. The second-order valence-electron chi connectivity index (χ2n) is 5.14. The second kappa shape index (κ2) is 7.15. The minimum atomic E-state index is -3.54. The summed E-state index contributed by atoms with van der Waals surface area (Å²) in [7, 11) is -1.63. The van der Waals surface area contributed by atoms with E-state index in [9.17, 15) is 8.42 Å². The average Bonchev–Trinajstić information content (AvgIpc) is 2.44. The van der Waals surface area contributed by atoms with E-state index in [-0.39, 0.29) is 0 Å². The molecule has 0 aromatic heterocycles. The van der Waals surface area contributed by atoms with Gasteiger partial charge in [0.1, 0.15) is 0 Å². The molecule has 21 heavy (non-hydrogen) atoms. The van der Waals surface area contributed by atoms with Crippen molar-refractivity contribution in [3.8, 4) is 0 Å². The third kappa shape index (κ3) is 4.47. The first kappa shape index (κ1) is 16.8. The highest BCUT2D eigenvalue weighted by atomic mass is 35.5. The van der Waals surface area contributed by atoms with Gasteiger partial charge in [-0.05, 0) is 50.6 Å². The molecule has 0 radical (unpaired) electrons. The number of rotatable bonds is 5. The maximum absolute atomic E-state index is 12.3. The standard InChI is InChI=1S/C13H19Cl2N3O2S/c1-16-9-10-4-6-18(7-5-10)21(19,20)17-11-2-3-12(14)13(15)8-11/h2-3,8,10,16-17H,4-7,9H2,1H3. The maximum Gasteiger partial charge on any atom is 0.301 e. The first-order chi connectivity index (χ1) is 9.92. The quantitative estimate of drug-likeness (QED) is 0.856. The number of hydrogen-bond acceptors (Lipinski definition) is 3. The second-order valence-corrected chi connectivity index (χ2v) is 7.62. The molecule has 0 spiro atoms. The van der Waals surface area contributed by atoms with E-state index in [2.05, 4.69) is 10.0 Å². The van der Waals surface area contributed by atoms with Gasteiger partial charge in [0.25, 0.3) is 0 Å². The highest BCUT2D eigenvalue weighted by Gasteiger charge is 2.27. The van der Waals surface area contributed by atoms with E-state index in [0.717, 1.165) is 19.4 Å². The van der Waals surface area contributed by atoms with Gasteiger partial charge in [0.15, 0.2) is 0 Å². The SMILES string of the molecule is CNCC1CCN(S(=O)(=O)Nc2ccc(Cl)c(Cl)c2)CC1. The van der Waals surface area contributed by atoms with Crippen molar-refractivity contribution in [3.05, 3.63) is 28.2 Å². The zero-order chi connectivity index (χ0) is 15.5. The van der Waals surface area contributed by atoms with Crippen molar-refractivity contribution in [1.29, 1.82) is 0 Å². The van der Waals surface area contributed by atoms with Crippen LogP contribution in [0.5, 0.6) is 0 Å². The summed E-state index contributed by atoms with van der Waals surface area (Å²) in [5.41, 5.74) is 0.418. The summed E-state index contributed by atoms with van der Waals surface area (Å²) in [5, 5.41) is 3.85. The van der Waals surface area contributed by atoms with Crippen molar-refractivity contribution in [1.82, 2.24) is 9.62 Å². The molecule has 1 saturated heterocycles. The Morgan fingerprint density at radius 3 is 2.48 bits per heavy atom. The van der Waals surface area contributed by atoms with Gasteiger partial charge in [0, 0.05) is 13.1 Å². The molecule has 1 aromatic carbocycles. The van der Waals surface area contributed by atoms with E-state index < -0.39 is 10.2 Å². The molecule has 0 bridgehead atoms. The van der Waals surface area contributed by atoms with Gasteiger partial charge in [-0.3, -0.25) is 4.72 Å². The molecule has 2 N–H and O–H groups in total. The van der Waals surface area contributed by atoms with Gasteiger partial charge >= 0.3 is 10.2 Å². The highest BCUT2D eigenvalue weighted by molar-refractivity contribution is 7.90. The minimum absolute atomic E-state index is 0.324. The van der Waals surface area contributed by atoms with Crippen LogP contribution in [0.1, 0.15) is 12.8 Å². The minimum Gasteiger partial charge on any atom is -0.319 e. The summed E-state index contributed by atoms with van der Waals surface area (Å²) in [6, 6.07) is 4.68. The lowest BCUT2D eigenvalue weighted by Gasteiger charge is -2.31. The molecule has 0 saturated carbocycles. The average molecular weight is 352 g/mol. The molecule has 0 amide bonds. The molecule has 118 valence electrons. The fourth-order valence-electron chi connectivity index (χ4n) is 2.42. The molecule has 8 heteroatoms. The fraction of sp³-hybridized carbons (Fsp3) is 0.538. The molecule has 2 rings (SSSR count). The molecule has 0 atom stereocenters. The van der Waals surface area contributed by atoms with Crippen LogP contribution in [-0.4, -0.2) is 39.4 Å². The Hall–Kier alpha value is -0.530. The van der Waals surface area contributed by atoms with Crippen molar-refractivity contribution in [2.75, 3.05) is 31.4 Å². The van der Waals surface area contributed by atoms with Crippen molar-refractivity contribution in [2.24, 2.45) is 5.92 Å². The number of anilines is 1. The predicted octanol–water partition coefficient (Wildman–Crippen LogP) is 2.58. The Labute approximate surface area is 135 Å². The van der Waals surface area contributed by atoms with Gasteiger partial charge in [0.2, 0.25) is 0 Å². The summed E-state index contributed by atoms with van der Waals surface area (Å²) in [5.74, 6) is 0.534. The van der Waals surface area contributed by atoms with Crippen LogP contribution in [0.2, 0.25) is 10.0 Å². The summed E-state index contributed by atoms with van der Waals surface area (Å²) in [6.45, 7) is 1.99. The van der Waals surface area contributed by atoms with Crippen LogP contribution in [0, 0.1) is 5.92 Å². The monoisotopic (exact) mass is 351 g/mol. The number of nitrogens with zero attached hydrogens (tertiary/aromatic N) is 1. The topological polar surface area (TPSA) is 61.4 Å². The van der Waals surface area contributed by atoms with Crippen LogP contribution in [-0.2, 0) is 10.2 Å². The zero-order valence-corrected chi connectivity index (χ0v) is 14.1. The number of benzene rings is 1. The third-order valence-corrected chi connectivity index (χ3v) is 5.85. The van der Waals surface area contributed by atoms with Crippen molar-refractivity contribution in [3.63, 3.8) is 0 Å². The largest absolute Gasteiger partial charge is 0.319 e. The van der Waals surface area contributed by atoms with Gasteiger partial charge in [-0.1, -0.05) is 23.2 Å². The van der Waals surface area contributed by atoms with Gasteiger partial charge < -0.3 is 5.32 Å². The van der Waals surface area contributed by atoms with Crippen LogP contribution in [0.4, 0.5) is 5.69 Å². The van der Waals surface area contributed by atoms with Crippen LogP contribution in [0.3, 0.4) is 0 Å². The zero-order valence-electron chi connectivity index (χ0n) is 11.8. The Balaban J connectivity index is 2.00. The van der Waals surface area contributed by atoms with Crippen LogP contribution >= 0.6 is 23.2 Å². The normalized spacial score (nSPS) is 17.9. The third-order valence-electron chi connectivity index (χ3n) is 3.57. The van der Waals surface area contributed by atoms with Crippen LogP contribution < -0.4 is 10.0 Å². The predicted molar refractivity (Wildman–Crippen MR) is 87.2 cm³/mol. The Kier molecular flexibility index (Phi) is 5.73. The van der Waals surface area contributed by atoms with E-state index in [4.69, 9.17) is 23.2 Å². The van der Waals surface area contributed by atoms with Crippen molar-refractivity contribution in [2.45, 2.75) is 12.8 Å². The molecule has 0 aliphatic carbocycles. The molecule has 1 heterocycles. The first-order valence-electron chi connectivity index (χ1n) is 6.80. The number of nitrogens with one attached hydrogen (secondary N) is 2. The van der Waals surface area contributed by atoms with Gasteiger partial charge in [0.05, 0.1) is 15.7 Å². The maximum atomic E-state index is 12.3. The van der Waals surface area contributed by atoms with E-state index in [1.165, 1.54) is 10.4 Å². The van der Waals surface area contributed by atoms with Crippen molar-refractivity contribution < 1.29 is 8.42 Å². The van der Waals surface area contributed by atoms with Crippen molar-refractivity contribution >= 4 is 39.1 Å². The lowest BCUT2D eigenvalue weighted by atomic mass is 9.98. The fourth-order valence-corrected chi connectivity index (χ4v) is 3.96. The molecule has 5 nitrogen and oxygen atoms in total. The molecular formula is C13H19Cl2N3O2S. The Bertz CT molecular complexity index is 587. The summed E-state index contributed by atoms with van der Waals surface area (Å²) in [6.07, 6.45) is 1.73. The highest BCUT2D eigenvalue weighted by Crippen LogP contribution is 2.26. The van der Waals surface area contributed by atoms with E-state index in [1.807, 2.05) is 7.05 Å². The summed E-state index contributed by atoms with van der Waals surface area (Å²) in [4.78, 5) is 0. The Morgan fingerprint density at radius 2 is 1.90 bits per heavy atom. The van der Waals surface area contributed by atoms with E-state index in [1.54, 1.807) is 12.1 Å². The number of halogens is 2. The Morgan fingerprint density at radius 1 is 1.24 bits per heavy atom. The lowest BCUT2D eigenvalue weighted by molar-refractivity contribution is 0.272. The van der Waals surface area contributed by atoms with Crippen LogP contribution in [0.15, 0.2) is 18.2 Å². The summed E-state index contributed by atoms with van der Waals surface area (Å²) >= 11 is 11.7. The van der Waals surface area contributed by atoms with Crippen LogP contribution in [0.25, 0.3) is 0 Å².